The van der Waals surface area contributed by atoms with Crippen LogP contribution < -0.4 is 5.32 Å². The van der Waals surface area contributed by atoms with E-state index < -0.39 is 67.4 Å². The fraction of sp³-hybridized carbons (Fsp3) is 0.781. The summed E-state index contributed by atoms with van der Waals surface area (Å²) in [6.45, 7) is 5.63. The third-order valence-corrected chi connectivity index (χ3v) is 14.2. The Morgan fingerprint density at radius 3 is 1.56 bits per heavy atom. The van der Waals surface area contributed by atoms with Crippen LogP contribution in [-0.4, -0.2) is 99.6 Å². The number of carbonyl (C=O) groups is 2. The molecule has 1 aliphatic rings. The monoisotopic (exact) mass is 1060 g/mol. The lowest BCUT2D eigenvalue weighted by molar-refractivity contribution is -0.305. The van der Waals surface area contributed by atoms with Crippen molar-refractivity contribution < 1.29 is 49.3 Å². The molecule has 75 heavy (non-hydrogen) atoms. The van der Waals surface area contributed by atoms with Crippen molar-refractivity contribution >= 4 is 11.9 Å². The number of aliphatic hydroxyl groups excluding tert-OH is 5. The molecule has 0 aromatic heterocycles. The molecule has 8 unspecified atom stereocenters. The molecule has 0 bridgehead atoms. The number of hydrogen-bond donors (Lipinski definition) is 6. The van der Waals surface area contributed by atoms with Crippen molar-refractivity contribution in [3.05, 3.63) is 72.9 Å². The molecule has 1 amide bonds. The van der Waals surface area contributed by atoms with Gasteiger partial charge in [0.1, 0.15) is 24.4 Å². The van der Waals surface area contributed by atoms with Crippen LogP contribution in [0.1, 0.15) is 258 Å². The van der Waals surface area contributed by atoms with Crippen LogP contribution in [0.2, 0.25) is 0 Å². The summed E-state index contributed by atoms with van der Waals surface area (Å²) in [5.41, 5.74) is 0. The average Bonchev–Trinajstić information content (AvgIpc) is 3.41. The van der Waals surface area contributed by atoms with Gasteiger partial charge in [-0.15, -0.1) is 0 Å². The molecule has 8 atom stereocenters. The van der Waals surface area contributed by atoms with Crippen LogP contribution in [0.3, 0.4) is 0 Å². The van der Waals surface area contributed by atoms with Crippen molar-refractivity contribution in [3.63, 3.8) is 0 Å². The zero-order valence-electron chi connectivity index (χ0n) is 47.9. The van der Waals surface area contributed by atoms with Crippen molar-refractivity contribution in [3.8, 4) is 0 Å². The van der Waals surface area contributed by atoms with Crippen molar-refractivity contribution in [2.45, 2.75) is 307 Å². The van der Waals surface area contributed by atoms with E-state index in [1.165, 1.54) is 109 Å². The highest BCUT2D eigenvalue weighted by Crippen LogP contribution is 2.26. The zero-order chi connectivity index (χ0) is 54.7. The normalized spacial score (nSPS) is 19.7. The summed E-state index contributed by atoms with van der Waals surface area (Å²) in [6.07, 6.45) is 55.0. The van der Waals surface area contributed by atoms with Gasteiger partial charge in [-0.3, -0.25) is 9.59 Å². The van der Waals surface area contributed by atoms with E-state index >= 15 is 0 Å². The maximum atomic E-state index is 13.4. The van der Waals surface area contributed by atoms with Crippen molar-refractivity contribution in [2.75, 3.05) is 13.2 Å². The van der Waals surface area contributed by atoms with Crippen LogP contribution in [0.15, 0.2) is 72.9 Å². The van der Waals surface area contributed by atoms with E-state index in [1.54, 1.807) is 6.08 Å². The van der Waals surface area contributed by atoms with Gasteiger partial charge < -0.3 is 45.1 Å². The van der Waals surface area contributed by atoms with Gasteiger partial charge in [0, 0.05) is 6.42 Å². The quantitative estimate of drug-likeness (QED) is 0.0149. The molecule has 0 aromatic carbocycles. The first-order valence-corrected chi connectivity index (χ1v) is 30.7. The molecule has 0 radical (unpaired) electrons. The zero-order valence-corrected chi connectivity index (χ0v) is 47.9. The highest BCUT2D eigenvalue weighted by atomic mass is 16.7. The minimum absolute atomic E-state index is 0.107. The van der Waals surface area contributed by atoms with Crippen LogP contribution in [0.25, 0.3) is 0 Å². The van der Waals surface area contributed by atoms with Crippen molar-refractivity contribution in [1.29, 1.82) is 0 Å². The van der Waals surface area contributed by atoms with E-state index in [2.05, 4.69) is 80.8 Å². The number of ether oxygens (including phenoxy) is 3. The molecule has 1 fully saturated rings. The molecule has 11 heteroatoms. The lowest BCUT2D eigenvalue weighted by atomic mass is 9.99. The van der Waals surface area contributed by atoms with Crippen LogP contribution in [0.4, 0.5) is 0 Å². The molecule has 0 spiro atoms. The maximum absolute atomic E-state index is 13.4. The number of unbranched alkanes of at least 4 members (excludes halogenated alkanes) is 29. The summed E-state index contributed by atoms with van der Waals surface area (Å²) >= 11 is 0. The Kier molecular flexibility index (Phi) is 48.5. The molecule has 0 aromatic rings. The van der Waals surface area contributed by atoms with Gasteiger partial charge in [0.2, 0.25) is 5.91 Å². The van der Waals surface area contributed by atoms with Crippen LogP contribution >= 0.6 is 0 Å². The molecule has 1 saturated heterocycles. The first-order valence-electron chi connectivity index (χ1n) is 30.7. The first-order chi connectivity index (χ1) is 36.7. The highest BCUT2D eigenvalue weighted by Gasteiger charge is 2.47. The Hall–Kier alpha value is -2.90. The number of allylic oxidation sites excluding steroid dienone is 11. The Labute approximate surface area is 458 Å². The SMILES string of the molecule is CC/C=C/C=C/C=C/CCCCCCCCCC(=O)OC1C(OCC(NC(=O)C(O)CCCCCCCCCC/C=C\C/C=C\CCCCC)C(O)/C=C/CCCCCCCCCCCCC)OC(CO)C(O)C1O. The van der Waals surface area contributed by atoms with Crippen LogP contribution in [-0.2, 0) is 23.8 Å². The van der Waals surface area contributed by atoms with Crippen LogP contribution in [0, 0.1) is 0 Å². The summed E-state index contributed by atoms with van der Waals surface area (Å²) in [5.74, 6) is -1.21. The number of esters is 1. The molecule has 1 heterocycles. The van der Waals surface area contributed by atoms with E-state index in [4.69, 9.17) is 14.2 Å². The van der Waals surface area contributed by atoms with Gasteiger partial charge in [-0.1, -0.05) is 248 Å². The largest absolute Gasteiger partial charge is 0.454 e. The van der Waals surface area contributed by atoms with Crippen molar-refractivity contribution in [1.82, 2.24) is 5.32 Å². The number of rotatable bonds is 51. The smallest absolute Gasteiger partial charge is 0.306 e. The summed E-state index contributed by atoms with van der Waals surface area (Å²) in [5, 5.41) is 57.0. The molecule has 11 nitrogen and oxygen atoms in total. The summed E-state index contributed by atoms with van der Waals surface area (Å²) in [4.78, 5) is 26.5. The summed E-state index contributed by atoms with van der Waals surface area (Å²) in [7, 11) is 0. The molecule has 0 saturated carbocycles. The number of carbonyl (C=O) groups excluding carboxylic acids is 2. The third-order valence-electron chi connectivity index (χ3n) is 14.2. The Balaban J connectivity index is 2.71. The van der Waals surface area contributed by atoms with Gasteiger partial charge >= 0.3 is 5.97 Å². The fourth-order valence-corrected chi connectivity index (χ4v) is 9.27. The summed E-state index contributed by atoms with van der Waals surface area (Å²) in [6, 6.07) is -1.03. The maximum Gasteiger partial charge on any atom is 0.306 e. The predicted molar refractivity (Wildman–Crippen MR) is 310 cm³/mol. The lowest BCUT2D eigenvalue weighted by Gasteiger charge is -2.41. The van der Waals surface area contributed by atoms with E-state index in [9.17, 15) is 35.1 Å². The van der Waals surface area contributed by atoms with E-state index in [0.29, 0.717) is 12.8 Å². The minimum Gasteiger partial charge on any atom is -0.454 e. The second-order valence-corrected chi connectivity index (χ2v) is 21.1. The average molecular weight is 1060 g/mol. The van der Waals surface area contributed by atoms with Gasteiger partial charge in [-0.2, -0.15) is 0 Å². The Morgan fingerprint density at radius 1 is 0.547 bits per heavy atom. The van der Waals surface area contributed by atoms with Gasteiger partial charge in [0.15, 0.2) is 12.4 Å². The number of hydrogen-bond acceptors (Lipinski definition) is 10. The Bertz CT molecular complexity index is 1490. The number of aliphatic hydroxyl groups is 5. The predicted octanol–water partition coefficient (Wildman–Crippen LogP) is 14.4. The minimum atomic E-state index is -1.62. The van der Waals surface area contributed by atoms with E-state index in [1.807, 2.05) is 12.2 Å². The topological polar surface area (TPSA) is 175 Å². The van der Waals surface area contributed by atoms with Gasteiger partial charge in [-0.05, 0) is 77.0 Å². The van der Waals surface area contributed by atoms with Gasteiger partial charge in [-0.25, -0.2) is 0 Å². The third kappa shape index (κ3) is 40.0. The van der Waals surface area contributed by atoms with E-state index in [-0.39, 0.29) is 19.4 Å². The molecule has 434 valence electrons. The molecule has 6 N–H and O–H groups in total. The number of amides is 1. The second-order valence-electron chi connectivity index (χ2n) is 21.1. The fourth-order valence-electron chi connectivity index (χ4n) is 9.27. The highest BCUT2D eigenvalue weighted by molar-refractivity contribution is 5.80. The molecular formula is C64H113NO10. The van der Waals surface area contributed by atoms with E-state index in [0.717, 1.165) is 103 Å². The molecule has 0 aliphatic carbocycles. The van der Waals surface area contributed by atoms with Gasteiger partial charge in [0.25, 0.3) is 0 Å². The summed E-state index contributed by atoms with van der Waals surface area (Å²) < 4.78 is 17.6. The molecular weight excluding hydrogens is 943 g/mol. The molecule has 1 rings (SSSR count). The standard InChI is InChI=1S/C64H113NO10/c1-4-7-10-13-16-19-22-25-27-28-29-31-33-36-39-42-45-48-51-57(68)63(72)65-55(56(67)50-47-44-41-38-35-32-24-21-18-15-12-9-6-3)54-73-64-62(61(71)60(70)58(53-66)74-64)75-59(69)52-49-46-43-40-37-34-30-26-23-20-17-14-11-8-5-2/h8,11,14,16-17,19-20,23,25,27,47,50,55-58,60-62,64,66-68,70-71H,4-7,9-10,12-13,15,18,21-22,24,26,28-46,48-49,51-54H2,1-3H3,(H,65,72)/b11-8+,17-14+,19-16-,23-20+,27-25-,50-47+. The first kappa shape index (κ1) is 70.1. The lowest BCUT2D eigenvalue weighted by Crippen LogP contribution is -2.61. The van der Waals surface area contributed by atoms with Crippen molar-refractivity contribution in [2.24, 2.45) is 0 Å². The second kappa shape index (κ2) is 51.8. The molecule has 1 aliphatic heterocycles. The van der Waals surface area contributed by atoms with Gasteiger partial charge in [0.05, 0.1) is 25.4 Å². The van der Waals surface area contributed by atoms with Crippen LogP contribution in [0.5, 0.6) is 0 Å². The Morgan fingerprint density at radius 2 is 1.01 bits per heavy atom. The number of nitrogens with one attached hydrogen (secondary N) is 1.